The molecule has 0 unspecified atom stereocenters. The third kappa shape index (κ3) is 4.47. The molecule has 0 amide bonds. The lowest BCUT2D eigenvalue weighted by Gasteiger charge is -2.28. The van der Waals surface area contributed by atoms with Crippen LogP contribution in [-0.2, 0) is 4.74 Å². The van der Waals surface area contributed by atoms with Gasteiger partial charge >= 0.3 is 0 Å². The van der Waals surface area contributed by atoms with Crippen molar-refractivity contribution in [2.75, 3.05) is 46.4 Å². The normalized spacial score (nSPS) is 25.0. The maximum Gasteiger partial charge on any atom is 0.119 e. The van der Waals surface area contributed by atoms with Gasteiger partial charge in [-0.2, -0.15) is 5.26 Å². The molecule has 1 aromatic rings. The van der Waals surface area contributed by atoms with E-state index >= 15 is 0 Å². The van der Waals surface area contributed by atoms with E-state index in [9.17, 15) is 0 Å². The van der Waals surface area contributed by atoms with E-state index in [4.69, 9.17) is 14.7 Å². The monoisotopic (exact) mass is 329 g/mol. The molecule has 2 aliphatic heterocycles. The highest BCUT2D eigenvalue weighted by atomic mass is 16.5. The number of hydrogen-bond donors (Lipinski definition) is 0. The Morgan fingerprint density at radius 2 is 1.96 bits per heavy atom. The van der Waals surface area contributed by atoms with E-state index in [1.165, 1.54) is 25.9 Å². The molecule has 0 radical (unpaired) electrons. The van der Waals surface area contributed by atoms with Crippen molar-refractivity contribution in [1.29, 1.82) is 5.26 Å². The summed E-state index contributed by atoms with van der Waals surface area (Å²) in [4.78, 5) is 5.09. The summed E-state index contributed by atoms with van der Waals surface area (Å²) >= 11 is 0. The van der Waals surface area contributed by atoms with Gasteiger partial charge < -0.3 is 14.4 Å². The third-order valence-corrected chi connectivity index (χ3v) is 5.12. The number of nitriles is 1. The largest absolute Gasteiger partial charge is 0.492 e. The van der Waals surface area contributed by atoms with E-state index in [0.717, 1.165) is 31.8 Å². The summed E-state index contributed by atoms with van der Waals surface area (Å²) in [5, 5.41) is 8.83. The Kier molecular flexibility index (Phi) is 6.08. The number of benzene rings is 1. The number of nitrogens with zero attached hydrogens (tertiary/aromatic N) is 3. The van der Waals surface area contributed by atoms with Crippen molar-refractivity contribution in [2.45, 2.75) is 31.4 Å². The second kappa shape index (κ2) is 8.48. The topological polar surface area (TPSA) is 48.7 Å². The Morgan fingerprint density at radius 3 is 2.62 bits per heavy atom. The Labute approximate surface area is 144 Å². The van der Waals surface area contributed by atoms with Crippen molar-refractivity contribution in [3.8, 4) is 11.8 Å². The molecule has 0 bridgehead atoms. The van der Waals surface area contributed by atoms with Crippen LogP contribution in [0.3, 0.4) is 0 Å². The van der Waals surface area contributed by atoms with Gasteiger partial charge in [-0.25, -0.2) is 0 Å². The molecule has 2 saturated heterocycles. The summed E-state index contributed by atoms with van der Waals surface area (Å²) < 4.78 is 11.4. The SMILES string of the molecule is CO[C@H]1C[C@@H](CN2CCCC2)N(CCOc2ccc(C#N)cc2)C1. The van der Waals surface area contributed by atoms with Gasteiger partial charge in [-0.3, -0.25) is 4.90 Å². The first-order valence-electron chi connectivity index (χ1n) is 8.90. The lowest BCUT2D eigenvalue weighted by atomic mass is 10.2. The van der Waals surface area contributed by atoms with Crippen LogP contribution in [0.15, 0.2) is 24.3 Å². The van der Waals surface area contributed by atoms with E-state index in [1.54, 1.807) is 12.1 Å². The van der Waals surface area contributed by atoms with Gasteiger partial charge in [0.05, 0.1) is 17.7 Å². The molecule has 3 rings (SSSR count). The molecule has 0 saturated carbocycles. The Morgan fingerprint density at radius 1 is 1.21 bits per heavy atom. The highest BCUT2D eigenvalue weighted by Gasteiger charge is 2.33. The molecule has 0 spiro atoms. The lowest BCUT2D eigenvalue weighted by molar-refractivity contribution is 0.105. The van der Waals surface area contributed by atoms with Gasteiger partial charge in [0.1, 0.15) is 12.4 Å². The fourth-order valence-corrected chi connectivity index (χ4v) is 3.74. The zero-order chi connectivity index (χ0) is 16.8. The van der Waals surface area contributed by atoms with Crippen LogP contribution in [0.1, 0.15) is 24.8 Å². The second-order valence-corrected chi connectivity index (χ2v) is 6.73. The molecule has 1 aromatic carbocycles. The van der Waals surface area contributed by atoms with Crippen LogP contribution in [0, 0.1) is 11.3 Å². The molecule has 2 atom stereocenters. The highest BCUT2D eigenvalue weighted by Crippen LogP contribution is 2.22. The summed E-state index contributed by atoms with van der Waals surface area (Å²) in [6.07, 6.45) is 4.13. The van der Waals surface area contributed by atoms with Crippen molar-refractivity contribution < 1.29 is 9.47 Å². The number of ether oxygens (including phenoxy) is 2. The van der Waals surface area contributed by atoms with Gasteiger partial charge in [0.2, 0.25) is 0 Å². The van der Waals surface area contributed by atoms with Crippen LogP contribution >= 0.6 is 0 Å². The molecule has 0 aliphatic carbocycles. The highest BCUT2D eigenvalue weighted by molar-refractivity contribution is 5.34. The summed E-state index contributed by atoms with van der Waals surface area (Å²) in [6.45, 7) is 6.20. The maximum absolute atomic E-state index is 8.83. The van der Waals surface area contributed by atoms with E-state index in [1.807, 2.05) is 19.2 Å². The average Bonchev–Trinajstić information content (AvgIpc) is 3.26. The smallest absolute Gasteiger partial charge is 0.119 e. The van der Waals surface area contributed by atoms with Gasteiger partial charge in [-0.05, 0) is 56.6 Å². The van der Waals surface area contributed by atoms with E-state index in [0.29, 0.717) is 24.3 Å². The first kappa shape index (κ1) is 17.2. The lowest BCUT2D eigenvalue weighted by Crippen LogP contribution is -2.41. The Balaban J connectivity index is 1.48. The van der Waals surface area contributed by atoms with Gasteiger partial charge in [-0.1, -0.05) is 0 Å². The van der Waals surface area contributed by atoms with Crippen molar-refractivity contribution >= 4 is 0 Å². The predicted octanol–water partition coefficient (Wildman–Crippen LogP) is 2.12. The number of hydrogen-bond acceptors (Lipinski definition) is 5. The predicted molar refractivity (Wildman–Crippen MR) is 93.1 cm³/mol. The Bertz CT molecular complexity index is 549. The number of likely N-dealkylation sites (tertiary alicyclic amines) is 2. The molecule has 130 valence electrons. The number of rotatable bonds is 7. The minimum Gasteiger partial charge on any atom is -0.492 e. The van der Waals surface area contributed by atoms with Crippen molar-refractivity contribution in [3.63, 3.8) is 0 Å². The standard InChI is InChI=1S/C19H27N3O2/c1-23-19-12-17(14-21-8-2-3-9-21)22(15-19)10-11-24-18-6-4-16(13-20)5-7-18/h4-7,17,19H,2-3,8-12,14-15H2,1H3/t17-,19-/m0/s1. The van der Waals surface area contributed by atoms with E-state index in [-0.39, 0.29) is 0 Å². The molecule has 5 heteroatoms. The van der Waals surface area contributed by atoms with Crippen LogP contribution < -0.4 is 4.74 Å². The van der Waals surface area contributed by atoms with E-state index in [2.05, 4.69) is 15.9 Å². The van der Waals surface area contributed by atoms with Gasteiger partial charge in [0.25, 0.3) is 0 Å². The Hall–Kier alpha value is -1.61. The summed E-state index contributed by atoms with van der Waals surface area (Å²) in [5.41, 5.74) is 0.663. The molecule has 0 aromatic heterocycles. The fraction of sp³-hybridized carbons (Fsp3) is 0.632. The molecular weight excluding hydrogens is 302 g/mol. The molecule has 2 aliphatic rings. The first-order valence-corrected chi connectivity index (χ1v) is 8.90. The average molecular weight is 329 g/mol. The molecular formula is C19H27N3O2. The van der Waals surface area contributed by atoms with Crippen molar-refractivity contribution in [3.05, 3.63) is 29.8 Å². The molecule has 5 nitrogen and oxygen atoms in total. The minimum absolute atomic E-state index is 0.340. The zero-order valence-corrected chi connectivity index (χ0v) is 14.5. The summed E-state index contributed by atoms with van der Waals surface area (Å²) in [5.74, 6) is 0.826. The number of methoxy groups -OCH3 is 1. The van der Waals surface area contributed by atoms with E-state index < -0.39 is 0 Å². The van der Waals surface area contributed by atoms with Gasteiger partial charge in [0.15, 0.2) is 0 Å². The fourth-order valence-electron chi connectivity index (χ4n) is 3.74. The molecule has 24 heavy (non-hydrogen) atoms. The summed E-state index contributed by atoms with van der Waals surface area (Å²) in [6, 6.07) is 10.0. The van der Waals surface area contributed by atoms with Gasteiger partial charge in [0, 0.05) is 32.8 Å². The first-order chi connectivity index (χ1) is 11.8. The quantitative estimate of drug-likeness (QED) is 0.767. The molecule has 2 heterocycles. The molecule has 2 fully saturated rings. The third-order valence-electron chi connectivity index (χ3n) is 5.12. The zero-order valence-electron chi connectivity index (χ0n) is 14.5. The van der Waals surface area contributed by atoms with Crippen molar-refractivity contribution in [1.82, 2.24) is 9.80 Å². The summed E-state index contributed by atoms with van der Waals surface area (Å²) in [7, 11) is 1.81. The van der Waals surface area contributed by atoms with Crippen LogP contribution in [0.2, 0.25) is 0 Å². The molecule has 0 N–H and O–H groups in total. The maximum atomic E-state index is 8.83. The van der Waals surface area contributed by atoms with Crippen LogP contribution in [0.5, 0.6) is 5.75 Å². The second-order valence-electron chi connectivity index (χ2n) is 6.73. The van der Waals surface area contributed by atoms with Crippen molar-refractivity contribution in [2.24, 2.45) is 0 Å². The minimum atomic E-state index is 0.340. The van der Waals surface area contributed by atoms with Crippen LogP contribution in [-0.4, -0.2) is 68.4 Å². The van der Waals surface area contributed by atoms with Crippen LogP contribution in [0.4, 0.5) is 0 Å². The van der Waals surface area contributed by atoms with Crippen LogP contribution in [0.25, 0.3) is 0 Å². The van der Waals surface area contributed by atoms with Gasteiger partial charge in [-0.15, -0.1) is 0 Å².